The van der Waals surface area contributed by atoms with Crippen LogP contribution in [0.2, 0.25) is 0 Å². The highest BCUT2D eigenvalue weighted by Crippen LogP contribution is 2.16. The predicted molar refractivity (Wildman–Crippen MR) is 97.8 cm³/mol. The van der Waals surface area contributed by atoms with Crippen molar-refractivity contribution < 1.29 is 19.1 Å². The van der Waals surface area contributed by atoms with Gasteiger partial charge in [0.2, 0.25) is 5.91 Å². The number of hydrogen-bond donors (Lipinski definition) is 2. The van der Waals surface area contributed by atoms with Crippen LogP contribution in [0.3, 0.4) is 0 Å². The van der Waals surface area contributed by atoms with Crippen molar-refractivity contribution >= 4 is 17.8 Å². The normalized spacial score (nSPS) is 11.5. The molecule has 0 saturated heterocycles. The van der Waals surface area contributed by atoms with Crippen molar-refractivity contribution in [1.29, 1.82) is 0 Å². The lowest BCUT2D eigenvalue weighted by Crippen LogP contribution is -2.46. The van der Waals surface area contributed by atoms with Gasteiger partial charge in [0.15, 0.2) is 0 Å². The first kappa shape index (κ1) is 19.2. The highest BCUT2D eigenvalue weighted by molar-refractivity contribution is 5.97. The van der Waals surface area contributed by atoms with Crippen LogP contribution >= 0.6 is 0 Å². The monoisotopic (exact) mass is 354 g/mol. The summed E-state index contributed by atoms with van der Waals surface area (Å²) in [4.78, 5) is 35.2. The molecule has 6 heteroatoms. The van der Waals surface area contributed by atoms with Gasteiger partial charge in [-0.1, -0.05) is 18.2 Å². The number of hydrogen-bond acceptors (Lipinski definition) is 4. The Bertz CT molecular complexity index is 808. The summed E-state index contributed by atoms with van der Waals surface area (Å²) in [6.07, 6.45) is 0.325. The number of carbonyl (C=O) groups excluding carboxylic acids is 3. The van der Waals surface area contributed by atoms with Crippen molar-refractivity contribution in [2.45, 2.75) is 33.2 Å². The number of nitrogens with two attached hydrogens (primary N) is 1. The number of benzene rings is 2. The fourth-order valence-corrected chi connectivity index (χ4v) is 2.68. The molecule has 0 aliphatic carbocycles. The van der Waals surface area contributed by atoms with Crippen molar-refractivity contribution in [2.24, 2.45) is 5.73 Å². The van der Waals surface area contributed by atoms with Crippen molar-refractivity contribution in [3.63, 3.8) is 0 Å². The van der Waals surface area contributed by atoms with E-state index in [1.54, 1.807) is 0 Å². The second-order valence-electron chi connectivity index (χ2n) is 6.12. The lowest BCUT2D eigenvalue weighted by Gasteiger charge is -2.18. The second-order valence-corrected chi connectivity index (χ2v) is 6.12. The molecule has 136 valence electrons. The second kappa shape index (κ2) is 8.29. The molecule has 3 N–H and O–H groups in total. The van der Waals surface area contributed by atoms with Crippen molar-refractivity contribution in [3.8, 4) is 5.75 Å². The van der Waals surface area contributed by atoms with E-state index in [-0.39, 0.29) is 0 Å². The topological polar surface area (TPSA) is 98.5 Å². The summed E-state index contributed by atoms with van der Waals surface area (Å²) < 4.78 is 4.93. The van der Waals surface area contributed by atoms with Crippen LogP contribution in [0.4, 0.5) is 0 Å². The molecule has 2 amide bonds. The fourth-order valence-electron chi connectivity index (χ4n) is 2.68. The number of rotatable bonds is 6. The summed E-state index contributed by atoms with van der Waals surface area (Å²) in [7, 11) is 0. The number of aryl methyl sites for hydroxylation is 2. The van der Waals surface area contributed by atoms with Crippen molar-refractivity contribution in [3.05, 3.63) is 64.7 Å². The Morgan fingerprint density at radius 2 is 1.62 bits per heavy atom. The van der Waals surface area contributed by atoms with Gasteiger partial charge in [0.05, 0.1) is 0 Å². The van der Waals surface area contributed by atoms with Gasteiger partial charge >= 0.3 is 5.97 Å². The largest absolute Gasteiger partial charge is 0.427 e. The van der Waals surface area contributed by atoms with Gasteiger partial charge in [0, 0.05) is 18.9 Å². The number of ether oxygens (including phenoxy) is 1. The van der Waals surface area contributed by atoms with Gasteiger partial charge in [-0.25, -0.2) is 0 Å². The molecule has 2 aromatic rings. The van der Waals surface area contributed by atoms with Gasteiger partial charge in [-0.3, -0.25) is 14.4 Å². The molecular formula is C20H22N2O4. The zero-order valence-electron chi connectivity index (χ0n) is 15.0. The molecule has 0 bridgehead atoms. The molecule has 0 heterocycles. The number of nitrogens with one attached hydrogen (secondary N) is 1. The lowest BCUT2D eigenvalue weighted by atomic mass is 9.96. The average molecular weight is 354 g/mol. The van der Waals surface area contributed by atoms with Crippen LogP contribution in [0.15, 0.2) is 42.5 Å². The van der Waals surface area contributed by atoms with Crippen LogP contribution in [-0.2, 0) is 16.0 Å². The van der Waals surface area contributed by atoms with Crippen molar-refractivity contribution in [2.75, 3.05) is 0 Å². The number of amides is 2. The number of carbonyl (C=O) groups is 3. The summed E-state index contributed by atoms with van der Waals surface area (Å²) in [6, 6.07) is 11.1. The van der Waals surface area contributed by atoms with Gasteiger partial charge in [-0.05, 0) is 54.8 Å². The molecule has 2 rings (SSSR count). The Morgan fingerprint density at radius 3 is 2.12 bits per heavy atom. The molecule has 2 aromatic carbocycles. The third kappa shape index (κ3) is 4.92. The Labute approximate surface area is 152 Å². The molecule has 0 spiro atoms. The zero-order valence-corrected chi connectivity index (χ0v) is 15.0. The van der Waals surface area contributed by atoms with E-state index in [2.05, 4.69) is 5.32 Å². The average Bonchev–Trinajstić information content (AvgIpc) is 2.57. The van der Waals surface area contributed by atoms with E-state index in [4.69, 9.17) is 10.5 Å². The molecule has 26 heavy (non-hydrogen) atoms. The molecule has 0 aliphatic rings. The van der Waals surface area contributed by atoms with Crippen LogP contribution in [0.5, 0.6) is 5.75 Å². The van der Waals surface area contributed by atoms with Crippen LogP contribution in [0.1, 0.15) is 34.0 Å². The molecule has 0 aliphatic heterocycles. The summed E-state index contributed by atoms with van der Waals surface area (Å²) in [5.74, 6) is -1.12. The molecule has 0 radical (unpaired) electrons. The third-order valence-corrected chi connectivity index (χ3v) is 4.08. The number of esters is 1. The SMILES string of the molecule is CC(=O)Oc1ccc(C(=O)N[C@H](Cc2c(C)cccc2C)C(N)=O)cc1. The van der Waals surface area contributed by atoms with Gasteiger partial charge in [0.1, 0.15) is 11.8 Å². The van der Waals surface area contributed by atoms with Gasteiger partial charge < -0.3 is 15.8 Å². The Hall–Kier alpha value is -3.15. The summed E-state index contributed by atoms with van der Waals surface area (Å²) in [5.41, 5.74) is 8.88. The Kier molecular flexibility index (Phi) is 6.11. The molecule has 6 nitrogen and oxygen atoms in total. The van der Waals surface area contributed by atoms with E-state index >= 15 is 0 Å². The maximum absolute atomic E-state index is 12.4. The Morgan fingerprint density at radius 1 is 1.04 bits per heavy atom. The third-order valence-electron chi connectivity index (χ3n) is 4.08. The van der Waals surface area contributed by atoms with Gasteiger partial charge in [0.25, 0.3) is 5.91 Å². The highest BCUT2D eigenvalue weighted by atomic mass is 16.5. The first-order valence-corrected chi connectivity index (χ1v) is 8.21. The van der Waals surface area contributed by atoms with Crippen LogP contribution < -0.4 is 15.8 Å². The minimum atomic E-state index is -0.824. The quantitative estimate of drug-likeness (QED) is 0.613. The minimum Gasteiger partial charge on any atom is -0.427 e. The maximum atomic E-state index is 12.4. The van der Waals surface area contributed by atoms with Crippen LogP contribution in [-0.4, -0.2) is 23.8 Å². The lowest BCUT2D eigenvalue weighted by molar-refractivity contribution is -0.131. The van der Waals surface area contributed by atoms with E-state index in [0.717, 1.165) is 16.7 Å². The van der Waals surface area contributed by atoms with Crippen LogP contribution in [0, 0.1) is 13.8 Å². The van der Waals surface area contributed by atoms with Gasteiger partial charge in [-0.2, -0.15) is 0 Å². The molecular weight excluding hydrogens is 332 g/mol. The first-order valence-electron chi connectivity index (χ1n) is 8.21. The zero-order chi connectivity index (χ0) is 19.3. The molecule has 0 unspecified atom stereocenters. The maximum Gasteiger partial charge on any atom is 0.308 e. The van der Waals surface area contributed by atoms with Crippen molar-refractivity contribution in [1.82, 2.24) is 5.32 Å². The van der Waals surface area contributed by atoms with E-state index in [1.807, 2.05) is 32.0 Å². The van der Waals surface area contributed by atoms with E-state index in [0.29, 0.717) is 17.7 Å². The number of primary amides is 1. The van der Waals surface area contributed by atoms with Gasteiger partial charge in [-0.15, -0.1) is 0 Å². The van der Waals surface area contributed by atoms with E-state index < -0.39 is 23.8 Å². The fraction of sp³-hybridized carbons (Fsp3) is 0.250. The van der Waals surface area contributed by atoms with Crippen LogP contribution in [0.25, 0.3) is 0 Å². The Balaban J connectivity index is 2.13. The molecule has 0 fully saturated rings. The first-order chi connectivity index (χ1) is 12.3. The minimum absolute atomic E-state index is 0.325. The van der Waals surface area contributed by atoms with E-state index in [9.17, 15) is 14.4 Å². The summed E-state index contributed by atoms with van der Waals surface area (Å²) in [6.45, 7) is 5.21. The molecule has 1 atom stereocenters. The molecule has 0 aromatic heterocycles. The standard InChI is InChI=1S/C20H22N2O4/c1-12-5-4-6-13(2)17(12)11-18(19(21)24)22-20(25)15-7-9-16(10-8-15)26-14(3)23/h4-10,18H,11H2,1-3H3,(H2,21,24)(H,22,25)/t18-/m1/s1. The predicted octanol–water partition coefficient (Wildman–Crippen LogP) is 2.06. The summed E-state index contributed by atoms with van der Waals surface area (Å²) >= 11 is 0. The summed E-state index contributed by atoms with van der Waals surface area (Å²) in [5, 5.41) is 2.67. The molecule has 0 saturated carbocycles. The van der Waals surface area contributed by atoms with E-state index in [1.165, 1.54) is 31.2 Å². The smallest absolute Gasteiger partial charge is 0.308 e. The highest BCUT2D eigenvalue weighted by Gasteiger charge is 2.21.